The average molecular weight is 738 g/mol. The zero-order valence-electron chi connectivity index (χ0n) is 25.3. The maximum Gasteiger partial charge on any atom is 0.501 e. The Balaban J connectivity index is 1.33. The van der Waals surface area contributed by atoms with Crippen LogP contribution in [0.25, 0.3) is 17.1 Å². The van der Waals surface area contributed by atoms with Crippen molar-refractivity contribution in [1.82, 2.24) is 14.8 Å². The number of nitrogens with one attached hydrogen (secondary N) is 1. The number of benzene rings is 3. The van der Waals surface area contributed by atoms with Crippen LogP contribution < -0.4 is 10.2 Å². The molecule has 3 amide bonds. The van der Waals surface area contributed by atoms with Gasteiger partial charge in [-0.1, -0.05) is 23.9 Å². The second-order valence-corrected chi connectivity index (χ2v) is 13.3. The van der Waals surface area contributed by atoms with Gasteiger partial charge in [0.2, 0.25) is 5.91 Å². The fourth-order valence-corrected chi connectivity index (χ4v) is 6.13. The van der Waals surface area contributed by atoms with Crippen LogP contribution in [-0.2, 0) is 26.0 Å². The maximum atomic E-state index is 13.0. The molecule has 1 aliphatic rings. The number of aryl methyl sites for hydroxylation is 1. The number of halogens is 6. The van der Waals surface area contributed by atoms with Crippen molar-refractivity contribution in [2.75, 3.05) is 22.6 Å². The fourth-order valence-electron chi connectivity index (χ4n) is 4.51. The minimum absolute atomic E-state index is 0.0316. The quantitative estimate of drug-likeness (QED) is 0.209. The molecule has 0 bridgehead atoms. The highest BCUT2D eigenvalue weighted by Crippen LogP contribution is 2.33. The first-order valence-electron chi connectivity index (χ1n) is 13.9. The van der Waals surface area contributed by atoms with Crippen molar-refractivity contribution in [2.24, 2.45) is 4.99 Å². The Bertz CT molecular complexity index is 2140. The van der Waals surface area contributed by atoms with Crippen LogP contribution in [0.3, 0.4) is 0 Å². The number of rotatable bonds is 8. The minimum Gasteiger partial charge on any atom is -0.367 e. The third-order valence-electron chi connectivity index (χ3n) is 6.82. The number of alkyl halides is 6. The zero-order valence-corrected chi connectivity index (χ0v) is 26.9. The lowest BCUT2D eigenvalue weighted by molar-refractivity contribution is -0.176. The monoisotopic (exact) mass is 737 g/mol. The Morgan fingerprint density at radius 1 is 1.08 bits per heavy atom. The number of anilines is 2. The van der Waals surface area contributed by atoms with Crippen LogP contribution in [0.5, 0.6) is 0 Å². The molecule has 3 aromatic carbocycles. The number of aliphatic imine (C=N–C) groups is 1. The molecule has 2 heterocycles. The Morgan fingerprint density at radius 2 is 1.80 bits per heavy atom. The molecule has 1 saturated heterocycles. The molecule has 0 spiro atoms. The first-order chi connectivity index (χ1) is 23.5. The molecular weight excluding hydrogens is 716 g/mol. The van der Waals surface area contributed by atoms with Gasteiger partial charge in [0.15, 0.2) is 11.0 Å². The number of nitriles is 1. The lowest BCUT2D eigenvalue weighted by Gasteiger charge is -2.21. The normalized spacial score (nSPS) is 14.6. The predicted octanol–water partition coefficient (Wildman–Crippen LogP) is 6.15. The second-order valence-electron chi connectivity index (χ2n) is 10.4. The SMILES string of the molecule is Cc1ccc(COCC(F)(F)F)c(N2C(=O)CS/C2=N\C(=O)Nc2ccc(-c3ncn(-c4ccc(S(=O)(=O)C(F)(F)F)cc4)n3)cc2C#N)c1. The second kappa shape index (κ2) is 13.9. The van der Waals surface area contributed by atoms with Gasteiger partial charge in [0.25, 0.3) is 9.84 Å². The molecule has 4 aromatic rings. The van der Waals surface area contributed by atoms with Gasteiger partial charge < -0.3 is 10.1 Å². The number of urea groups is 1. The number of amides is 3. The summed E-state index contributed by atoms with van der Waals surface area (Å²) in [6, 6.07) is 13.6. The van der Waals surface area contributed by atoms with E-state index in [0.29, 0.717) is 11.1 Å². The fraction of sp³-hybridized carbons (Fsp3) is 0.200. The van der Waals surface area contributed by atoms with Crippen molar-refractivity contribution in [3.05, 3.63) is 83.7 Å². The number of hydrogen-bond donors (Lipinski definition) is 1. The molecule has 1 aromatic heterocycles. The molecule has 50 heavy (non-hydrogen) atoms. The summed E-state index contributed by atoms with van der Waals surface area (Å²) in [7, 11) is -5.54. The first-order valence-corrected chi connectivity index (χ1v) is 16.4. The smallest absolute Gasteiger partial charge is 0.367 e. The highest BCUT2D eigenvalue weighted by Gasteiger charge is 2.46. The van der Waals surface area contributed by atoms with Gasteiger partial charge in [0.05, 0.1) is 39.9 Å². The Hall–Kier alpha value is -5.26. The summed E-state index contributed by atoms with van der Waals surface area (Å²) >= 11 is 0.929. The summed E-state index contributed by atoms with van der Waals surface area (Å²) in [5.41, 5.74) is -3.83. The van der Waals surface area contributed by atoms with Crippen molar-refractivity contribution < 1.29 is 49.1 Å². The summed E-state index contributed by atoms with van der Waals surface area (Å²) in [5.74, 6) is -0.492. The number of thioether (sulfide) groups is 1. The van der Waals surface area contributed by atoms with Crippen LogP contribution in [0.15, 0.2) is 76.9 Å². The van der Waals surface area contributed by atoms with Gasteiger partial charge in [-0.05, 0) is 61.0 Å². The molecule has 5 rings (SSSR count). The van der Waals surface area contributed by atoms with Gasteiger partial charge in [-0.15, -0.1) is 5.10 Å². The standard InChI is InChI=1S/C30H21F6N7O5S2/c1-17-2-3-19(13-48-15-29(31,32)33)24(10-17)43-25(44)14-49-28(43)40-27(45)39-23-9-4-18(11-20(23)12-37)26-38-16-42(41-26)21-5-7-22(8-6-21)50(46,47)30(34,35)36/h2-11,16H,13-15H2,1H3,(H,39,45)/b40-28-. The summed E-state index contributed by atoms with van der Waals surface area (Å²) in [5, 5.41) is 16.4. The molecule has 1 aliphatic heterocycles. The highest BCUT2D eigenvalue weighted by atomic mass is 32.2. The number of carbonyl (C=O) groups excluding carboxylic acids is 2. The Labute approximate surface area is 283 Å². The topological polar surface area (TPSA) is 160 Å². The van der Waals surface area contributed by atoms with Gasteiger partial charge in [0, 0.05) is 11.1 Å². The molecule has 1 N–H and O–H groups in total. The molecule has 1 fully saturated rings. The van der Waals surface area contributed by atoms with Crippen LogP contribution in [0.2, 0.25) is 0 Å². The first kappa shape index (κ1) is 36.0. The van der Waals surface area contributed by atoms with Crippen molar-refractivity contribution >= 4 is 50.1 Å². The van der Waals surface area contributed by atoms with E-state index in [4.69, 9.17) is 4.74 Å². The lowest BCUT2D eigenvalue weighted by Crippen LogP contribution is -2.31. The maximum absolute atomic E-state index is 13.0. The van der Waals surface area contributed by atoms with E-state index < -0.39 is 51.6 Å². The minimum atomic E-state index is -5.54. The number of amidine groups is 1. The van der Waals surface area contributed by atoms with Crippen molar-refractivity contribution in [3.63, 3.8) is 0 Å². The van der Waals surface area contributed by atoms with Crippen molar-refractivity contribution in [1.29, 1.82) is 5.26 Å². The van der Waals surface area contributed by atoms with Gasteiger partial charge in [0.1, 0.15) is 19.0 Å². The number of nitrogens with zero attached hydrogens (tertiary/aromatic N) is 6. The number of ether oxygens (including phenoxy) is 1. The van der Waals surface area contributed by atoms with E-state index in [-0.39, 0.29) is 44.9 Å². The molecule has 0 radical (unpaired) electrons. The van der Waals surface area contributed by atoms with Gasteiger partial charge in [-0.25, -0.2) is 22.9 Å². The largest absolute Gasteiger partial charge is 0.501 e. The van der Waals surface area contributed by atoms with E-state index >= 15 is 0 Å². The number of hydrogen-bond acceptors (Lipinski definition) is 9. The van der Waals surface area contributed by atoms with Gasteiger partial charge in [-0.2, -0.15) is 36.6 Å². The summed E-state index contributed by atoms with van der Waals surface area (Å²) in [6.45, 7) is -0.255. The lowest BCUT2D eigenvalue weighted by atomic mass is 10.1. The summed E-state index contributed by atoms with van der Waals surface area (Å²) < 4.78 is 106. The summed E-state index contributed by atoms with van der Waals surface area (Å²) in [4.78, 5) is 34.1. The molecule has 0 unspecified atom stereocenters. The van der Waals surface area contributed by atoms with E-state index in [0.717, 1.165) is 40.9 Å². The van der Waals surface area contributed by atoms with E-state index in [9.17, 15) is 49.6 Å². The van der Waals surface area contributed by atoms with Crippen LogP contribution in [0.1, 0.15) is 16.7 Å². The number of carbonyl (C=O) groups is 2. The van der Waals surface area contributed by atoms with E-state index in [1.54, 1.807) is 19.1 Å². The highest BCUT2D eigenvalue weighted by molar-refractivity contribution is 8.15. The van der Waals surface area contributed by atoms with E-state index in [1.165, 1.54) is 35.3 Å². The summed E-state index contributed by atoms with van der Waals surface area (Å²) in [6.07, 6.45) is -3.34. The van der Waals surface area contributed by atoms with Gasteiger partial charge in [-0.3, -0.25) is 9.69 Å². The Kier molecular flexibility index (Phi) is 10.0. The molecular formula is C30H21F6N7O5S2. The molecule has 260 valence electrons. The van der Waals surface area contributed by atoms with Crippen molar-refractivity contribution in [2.45, 2.75) is 30.1 Å². The van der Waals surface area contributed by atoms with Crippen LogP contribution in [0.4, 0.5) is 42.5 Å². The van der Waals surface area contributed by atoms with Crippen LogP contribution in [-0.4, -0.2) is 64.3 Å². The van der Waals surface area contributed by atoms with Crippen LogP contribution in [0, 0.1) is 18.3 Å². The molecule has 0 atom stereocenters. The molecule has 20 heteroatoms. The molecule has 0 saturated carbocycles. The van der Waals surface area contributed by atoms with Crippen LogP contribution >= 0.6 is 11.8 Å². The third kappa shape index (κ3) is 7.96. The number of sulfone groups is 1. The molecule has 0 aliphatic carbocycles. The zero-order chi connectivity index (χ0) is 36.4. The van der Waals surface area contributed by atoms with Gasteiger partial charge >= 0.3 is 17.7 Å². The Morgan fingerprint density at radius 3 is 2.46 bits per heavy atom. The third-order valence-corrected chi connectivity index (χ3v) is 9.24. The van der Waals surface area contributed by atoms with E-state index in [1.807, 2.05) is 6.07 Å². The van der Waals surface area contributed by atoms with E-state index in [2.05, 4.69) is 20.4 Å². The number of aromatic nitrogens is 3. The van der Waals surface area contributed by atoms with Crippen molar-refractivity contribution in [3.8, 4) is 23.1 Å². The average Bonchev–Trinajstić information content (AvgIpc) is 3.68. The predicted molar refractivity (Wildman–Crippen MR) is 168 cm³/mol. The molecule has 12 nitrogen and oxygen atoms in total.